The number of hydrogen-bond acceptors (Lipinski definition) is 4. The smallest absolute Gasteiger partial charge is 0.326 e. The Hall–Kier alpha value is -3.25. The van der Waals surface area contributed by atoms with Crippen molar-refractivity contribution in [3.63, 3.8) is 0 Å². The second-order valence-corrected chi connectivity index (χ2v) is 7.69. The van der Waals surface area contributed by atoms with Crippen LogP contribution in [0.5, 0.6) is 0 Å². The summed E-state index contributed by atoms with van der Waals surface area (Å²) in [4.78, 5) is 29.9. The number of aryl methyl sites for hydroxylation is 1. The molecule has 0 aliphatic heterocycles. The molecule has 1 amide bonds. The summed E-state index contributed by atoms with van der Waals surface area (Å²) in [6.07, 6.45) is 0. The summed E-state index contributed by atoms with van der Waals surface area (Å²) in [6, 6.07) is 19.3. The minimum Gasteiger partial charge on any atom is -0.465 e. The molecule has 3 aromatic carbocycles. The highest BCUT2D eigenvalue weighted by atomic mass is 32.1. The van der Waals surface area contributed by atoms with Gasteiger partial charge in [0.05, 0.1) is 16.8 Å². The summed E-state index contributed by atoms with van der Waals surface area (Å²) in [5.74, 6) is -0.687. The van der Waals surface area contributed by atoms with E-state index in [4.69, 9.17) is 4.74 Å². The largest absolute Gasteiger partial charge is 0.465 e. The van der Waals surface area contributed by atoms with Gasteiger partial charge in [-0.1, -0.05) is 53.8 Å². The monoisotopic (exact) mass is 404 g/mol. The predicted molar refractivity (Wildman–Crippen MR) is 115 cm³/mol. The third-order valence-corrected chi connectivity index (χ3v) is 5.73. The van der Waals surface area contributed by atoms with Gasteiger partial charge >= 0.3 is 5.97 Å². The van der Waals surface area contributed by atoms with Crippen molar-refractivity contribution in [3.05, 3.63) is 76.6 Å². The van der Waals surface area contributed by atoms with E-state index >= 15 is 0 Å². The van der Waals surface area contributed by atoms with Gasteiger partial charge in [-0.3, -0.25) is 9.59 Å². The lowest BCUT2D eigenvalue weighted by Gasteiger charge is -2.07. The fourth-order valence-electron chi connectivity index (χ4n) is 3.35. The van der Waals surface area contributed by atoms with Crippen LogP contribution in [0.25, 0.3) is 21.0 Å². The van der Waals surface area contributed by atoms with Crippen LogP contribution in [0.1, 0.15) is 22.8 Å². The molecule has 0 fully saturated rings. The molecule has 6 heteroatoms. The van der Waals surface area contributed by atoms with E-state index in [0.717, 1.165) is 26.6 Å². The Kier molecular flexibility index (Phi) is 5.27. The molecular formula is C23H20N2O3S. The van der Waals surface area contributed by atoms with E-state index in [-0.39, 0.29) is 18.4 Å². The van der Waals surface area contributed by atoms with Crippen LogP contribution in [0.2, 0.25) is 0 Å². The Bertz CT molecular complexity index is 1300. The molecule has 0 unspecified atom stereocenters. The number of nitrogens with zero attached hydrogens (tertiary/aromatic N) is 2. The Labute approximate surface area is 171 Å². The SMILES string of the molecule is CCOC(=O)Cn1c(=NC(=O)c2ccc3ccccc3c2)sc2cccc(C)c21. The number of ether oxygens (including phenoxy) is 1. The molecule has 0 aliphatic rings. The van der Waals surface area contributed by atoms with Crippen LogP contribution in [-0.2, 0) is 16.1 Å². The predicted octanol–water partition coefficient (Wildman–Crippen LogP) is 4.47. The molecule has 1 aromatic heterocycles. The number of hydrogen-bond donors (Lipinski definition) is 0. The van der Waals surface area contributed by atoms with E-state index < -0.39 is 0 Å². The molecule has 0 bridgehead atoms. The van der Waals surface area contributed by atoms with Gasteiger partial charge in [0.2, 0.25) is 0 Å². The molecule has 0 aliphatic carbocycles. The van der Waals surface area contributed by atoms with Crippen LogP contribution in [-0.4, -0.2) is 23.1 Å². The number of benzene rings is 3. The van der Waals surface area contributed by atoms with Crippen LogP contribution in [0.4, 0.5) is 0 Å². The van der Waals surface area contributed by atoms with Gasteiger partial charge in [0.15, 0.2) is 4.80 Å². The third-order valence-electron chi connectivity index (χ3n) is 4.69. The quantitative estimate of drug-likeness (QED) is 0.472. The van der Waals surface area contributed by atoms with E-state index in [9.17, 15) is 9.59 Å². The Morgan fingerprint density at radius 3 is 2.62 bits per heavy atom. The van der Waals surface area contributed by atoms with Gasteiger partial charge in [0.25, 0.3) is 5.91 Å². The molecule has 0 spiro atoms. The fraction of sp³-hybridized carbons (Fsp3) is 0.174. The summed E-state index contributed by atoms with van der Waals surface area (Å²) in [5.41, 5.74) is 2.43. The standard InChI is InChI=1S/C23H20N2O3S/c1-3-28-20(26)14-25-21-15(2)7-6-10-19(21)29-23(25)24-22(27)18-12-11-16-8-4-5-9-17(16)13-18/h4-13H,3,14H2,1-2H3. The highest BCUT2D eigenvalue weighted by molar-refractivity contribution is 7.16. The molecule has 0 N–H and O–H groups in total. The van der Waals surface area contributed by atoms with Gasteiger partial charge in [0, 0.05) is 5.56 Å². The first kappa shape index (κ1) is 19.1. The first-order chi connectivity index (χ1) is 14.1. The Morgan fingerprint density at radius 1 is 1.03 bits per heavy atom. The number of carbonyl (C=O) groups excluding carboxylic acids is 2. The molecular weight excluding hydrogens is 384 g/mol. The first-order valence-corrected chi connectivity index (χ1v) is 10.2. The highest BCUT2D eigenvalue weighted by Gasteiger charge is 2.14. The first-order valence-electron chi connectivity index (χ1n) is 9.39. The summed E-state index contributed by atoms with van der Waals surface area (Å²) in [6.45, 7) is 4.07. The molecule has 29 heavy (non-hydrogen) atoms. The van der Waals surface area contributed by atoms with Gasteiger partial charge in [-0.2, -0.15) is 4.99 Å². The molecule has 0 saturated carbocycles. The van der Waals surface area contributed by atoms with E-state index in [1.807, 2.05) is 61.5 Å². The minimum atomic E-state index is -0.352. The third kappa shape index (κ3) is 3.84. The van der Waals surface area contributed by atoms with Gasteiger partial charge in [-0.25, -0.2) is 0 Å². The lowest BCUT2D eigenvalue weighted by Crippen LogP contribution is -2.23. The zero-order valence-electron chi connectivity index (χ0n) is 16.2. The molecule has 0 saturated heterocycles. The maximum atomic E-state index is 12.9. The molecule has 4 rings (SSSR count). The normalized spacial score (nSPS) is 11.9. The van der Waals surface area contributed by atoms with Crippen LogP contribution in [0.15, 0.2) is 65.7 Å². The lowest BCUT2D eigenvalue weighted by molar-refractivity contribution is -0.143. The summed E-state index contributed by atoms with van der Waals surface area (Å²) < 4.78 is 7.86. The second-order valence-electron chi connectivity index (χ2n) is 6.68. The number of fused-ring (bicyclic) bond motifs is 2. The number of para-hydroxylation sites is 1. The molecule has 1 heterocycles. The van der Waals surface area contributed by atoms with Crippen molar-refractivity contribution in [2.24, 2.45) is 4.99 Å². The maximum Gasteiger partial charge on any atom is 0.326 e. The van der Waals surface area contributed by atoms with E-state index in [2.05, 4.69) is 4.99 Å². The van der Waals surface area contributed by atoms with Gasteiger partial charge < -0.3 is 9.30 Å². The maximum absolute atomic E-state index is 12.9. The van der Waals surface area contributed by atoms with Crippen molar-refractivity contribution >= 4 is 44.2 Å². The average Bonchev–Trinajstić information content (AvgIpc) is 3.06. The van der Waals surface area contributed by atoms with Crippen molar-refractivity contribution < 1.29 is 14.3 Å². The van der Waals surface area contributed by atoms with Crippen molar-refractivity contribution in [2.75, 3.05) is 6.61 Å². The van der Waals surface area contributed by atoms with Crippen LogP contribution < -0.4 is 4.80 Å². The number of carbonyl (C=O) groups is 2. The zero-order valence-corrected chi connectivity index (χ0v) is 17.0. The average molecular weight is 404 g/mol. The number of rotatable bonds is 4. The van der Waals surface area contributed by atoms with Crippen molar-refractivity contribution in [1.82, 2.24) is 4.57 Å². The second kappa shape index (κ2) is 8.01. The van der Waals surface area contributed by atoms with Crippen molar-refractivity contribution in [2.45, 2.75) is 20.4 Å². The van der Waals surface area contributed by atoms with E-state index in [1.54, 1.807) is 17.6 Å². The molecule has 0 atom stereocenters. The number of aromatic nitrogens is 1. The minimum absolute atomic E-state index is 0.0164. The summed E-state index contributed by atoms with van der Waals surface area (Å²) in [7, 11) is 0. The van der Waals surface area contributed by atoms with E-state index in [0.29, 0.717) is 17.0 Å². The number of esters is 1. The van der Waals surface area contributed by atoms with Crippen LogP contribution >= 0.6 is 11.3 Å². The van der Waals surface area contributed by atoms with Gasteiger partial charge in [-0.15, -0.1) is 0 Å². The van der Waals surface area contributed by atoms with E-state index in [1.165, 1.54) is 11.3 Å². The summed E-state index contributed by atoms with van der Waals surface area (Å²) >= 11 is 1.39. The van der Waals surface area contributed by atoms with Crippen molar-refractivity contribution in [3.8, 4) is 0 Å². The molecule has 146 valence electrons. The fourth-order valence-corrected chi connectivity index (χ4v) is 4.45. The molecule has 4 aromatic rings. The van der Waals surface area contributed by atoms with Crippen molar-refractivity contribution in [1.29, 1.82) is 0 Å². The highest BCUT2D eigenvalue weighted by Crippen LogP contribution is 2.21. The number of amides is 1. The number of thiazole rings is 1. The van der Waals surface area contributed by atoms with Crippen LogP contribution in [0.3, 0.4) is 0 Å². The Balaban J connectivity index is 1.82. The Morgan fingerprint density at radius 2 is 1.83 bits per heavy atom. The molecule has 0 radical (unpaired) electrons. The van der Waals surface area contributed by atoms with Gasteiger partial charge in [0.1, 0.15) is 6.54 Å². The zero-order chi connectivity index (χ0) is 20.4. The summed E-state index contributed by atoms with van der Waals surface area (Å²) in [5, 5.41) is 2.05. The van der Waals surface area contributed by atoms with Gasteiger partial charge in [-0.05, 0) is 48.4 Å². The molecule has 5 nitrogen and oxygen atoms in total. The van der Waals surface area contributed by atoms with Crippen LogP contribution in [0, 0.1) is 6.92 Å². The topological polar surface area (TPSA) is 60.7 Å². The lowest BCUT2D eigenvalue weighted by atomic mass is 10.1.